The van der Waals surface area contributed by atoms with Gasteiger partial charge in [0.15, 0.2) is 0 Å². The summed E-state index contributed by atoms with van der Waals surface area (Å²) in [5.74, 6) is -0.0430. The molecular weight excluding hydrogens is 344 g/mol. The maximum atomic E-state index is 12.9. The fourth-order valence-electron chi connectivity index (χ4n) is 4.17. The van der Waals surface area contributed by atoms with E-state index in [0.717, 1.165) is 25.9 Å². The average molecular weight is 374 g/mol. The summed E-state index contributed by atoms with van der Waals surface area (Å²) in [6.45, 7) is 7.67. The van der Waals surface area contributed by atoms with E-state index in [2.05, 4.69) is 17.0 Å². The second kappa shape index (κ2) is 7.89. The van der Waals surface area contributed by atoms with Crippen LogP contribution in [0.3, 0.4) is 0 Å². The Bertz CT molecular complexity index is 671. The number of hydrogen-bond acceptors (Lipinski definition) is 5. The van der Waals surface area contributed by atoms with E-state index in [1.807, 2.05) is 39.0 Å². The smallest absolute Gasteiger partial charge is 0.411 e. The van der Waals surface area contributed by atoms with E-state index in [4.69, 9.17) is 9.47 Å². The second-order valence-electron chi connectivity index (χ2n) is 8.53. The number of fused-ring (bicyclic) bond motifs is 4. The van der Waals surface area contributed by atoms with E-state index in [-0.39, 0.29) is 12.0 Å². The molecule has 0 saturated carbocycles. The molecule has 148 valence electrons. The first-order chi connectivity index (χ1) is 12.8. The lowest BCUT2D eigenvalue weighted by Crippen LogP contribution is -2.56. The molecule has 0 radical (unpaired) electrons. The van der Waals surface area contributed by atoms with E-state index in [1.165, 1.54) is 12.7 Å². The molecule has 0 N–H and O–H groups in total. The number of piperidine rings is 1. The molecule has 0 aromatic heterocycles. The Labute approximate surface area is 161 Å². The van der Waals surface area contributed by atoms with Crippen LogP contribution in [-0.4, -0.2) is 59.7 Å². The molecule has 0 aliphatic carbocycles. The van der Waals surface area contributed by atoms with Crippen molar-refractivity contribution in [3.63, 3.8) is 0 Å². The molecule has 3 atom stereocenters. The summed E-state index contributed by atoms with van der Waals surface area (Å²) < 4.78 is 10.7. The van der Waals surface area contributed by atoms with Crippen molar-refractivity contribution in [2.45, 2.75) is 57.8 Å². The number of esters is 1. The van der Waals surface area contributed by atoms with Crippen LogP contribution in [0, 0.1) is 5.92 Å². The highest BCUT2D eigenvalue weighted by Gasteiger charge is 2.48. The number of amides is 1. The van der Waals surface area contributed by atoms with Gasteiger partial charge < -0.3 is 9.47 Å². The minimum Gasteiger partial charge on any atom is -0.467 e. The molecule has 0 spiro atoms. The predicted octanol–water partition coefficient (Wildman–Crippen LogP) is 3.06. The fraction of sp³-hybridized carbons (Fsp3) is 0.619. The zero-order valence-corrected chi connectivity index (χ0v) is 16.7. The Morgan fingerprint density at radius 2 is 1.81 bits per heavy atom. The van der Waals surface area contributed by atoms with E-state index in [1.54, 1.807) is 4.90 Å². The van der Waals surface area contributed by atoms with E-state index in [0.29, 0.717) is 12.5 Å². The number of carbonyl (C=O) groups is 2. The van der Waals surface area contributed by atoms with Crippen LogP contribution in [0.25, 0.3) is 0 Å². The SMILES string of the molecule is COC(=O)C1[C@@H]2CC[C@H](CN1C(=O)OC(C)(C)C)CN2Cc1ccccc1. The summed E-state index contributed by atoms with van der Waals surface area (Å²) in [6.07, 6.45) is 1.44. The summed E-state index contributed by atoms with van der Waals surface area (Å²) in [4.78, 5) is 29.5. The molecule has 6 heteroatoms. The molecule has 1 amide bonds. The number of benzene rings is 1. The maximum absolute atomic E-state index is 12.9. The topological polar surface area (TPSA) is 59.1 Å². The zero-order valence-electron chi connectivity index (χ0n) is 16.7. The second-order valence-corrected chi connectivity index (χ2v) is 8.53. The molecule has 3 saturated heterocycles. The quantitative estimate of drug-likeness (QED) is 0.761. The monoisotopic (exact) mass is 374 g/mol. The van der Waals surface area contributed by atoms with Crippen LogP contribution in [0.15, 0.2) is 30.3 Å². The number of hydrogen-bond donors (Lipinski definition) is 0. The Kier molecular flexibility index (Phi) is 5.75. The van der Waals surface area contributed by atoms with Gasteiger partial charge in [-0.05, 0) is 45.1 Å². The molecule has 4 rings (SSSR count). The van der Waals surface area contributed by atoms with Crippen LogP contribution in [0.5, 0.6) is 0 Å². The highest BCUT2D eigenvalue weighted by Crippen LogP contribution is 2.34. The number of methoxy groups -OCH3 is 1. The van der Waals surface area contributed by atoms with Crippen LogP contribution in [-0.2, 0) is 20.8 Å². The molecule has 1 unspecified atom stereocenters. The van der Waals surface area contributed by atoms with E-state index in [9.17, 15) is 9.59 Å². The number of nitrogens with zero attached hydrogens (tertiary/aromatic N) is 2. The van der Waals surface area contributed by atoms with Crippen LogP contribution in [0.4, 0.5) is 4.79 Å². The highest BCUT2D eigenvalue weighted by atomic mass is 16.6. The molecule has 2 bridgehead atoms. The van der Waals surface area contributed by atoms with Gasteiger partial charge in [-0.3, -0.25) is 9.80 Å². The fourth-order valence-corrected chi connectivity index (χ4v) is 4.17. The molecule has 1 aromatic carbocycles. The molecule has 1 aromatic rings. The van der Waals surface area contributed by atoms with Crippen molar-refractivity contribution in [1.29, 1.82) is 0 Å². The first kappa shape index (κ1) is 19.7. The Hall–Kier alpha value is -2.08. The Balaban J connectivity index is 1.87. The Morgan fingerprint density at radius 3 is 2.44 bits per heavy atom. The summed E-state index contributed by atoms with van der Waals surface area (Å²) in [5, 5.41) is 0. The van der Waals surface area contributed by atoms with Gasteiger partial charge in [-0.25, -0.2) is 9.59 Å². The van der Waals surface area contributed by atoms with Crippen LogP contribution >= 0.6 is 0 Å². The molecule has 3 fully saturated rings. The summed E-state index contributed by atoms with van der Waals surface area (Å²) >= 11 is 0. The number of ether oxygens (including phenoxy) is 2. The third kappa shape index (κ3) is 4.61. The lowest BCUT2D eigenvalue weighted by atomic mass is 9.91. The minimum absolute atomic E-state index is 0.0658. The number of rotatable bonds is 3. The van der Waals surface area contributed by atoms with Crippen molar-refractivity contribution >= 4 is 12.1 Å². The zero-order chi connectivity index (χ0) is 19.6. The first-order valence-electron chi connectivity index (χ1n) is 9.64. The van der Waals surface area contributed by atoms with Gasteiger partial charge in [0.05, 0.1) is 7.11 Å². The molecule has 3 aliphatic heterocycles. The normalized spacial score (nSPS) is 25.8. The molecule has 3 heterocycles. The van der Waals surface area contributed by atoms with Crippen molar-refractivity contribution in [3.05, 3.63) is 35.9 Å². The van der Waals surface area contributed by atoms with Crippen molar-refractivity contribution in [3.8, 4) is 0 Å². The van der Waals surface area contributed by atoms with Crippen molar-refractivity contribution in [1.82, 2.24) is 9.80 Å². The van der Waals surface area contributed by atoms with Crippen LogP contribution in [0.1, 0.15) is 39.2 Å². The molecule has 27 heavy (non-hydrogen) atoms. The van der Waals surface area contributed by atoms with Crippen molar-refractivity contribution < 1.29 is 19.1 Å². The van der Waals surface area contributed by atoms with Gasteiger partial charge in [0, 0.05) is 25.7 Å². The minimum atomic E-state index is -0.638. The summed E-state index contributed by atoms with van der Waals surface area (Å²) in [5.41, 5.74) is 0.602. The lowest BCUT2D eigenvalue weighted by molar-refractivity contribution is -0.149. The van der Waals surface area contributed by atoms with E-state index >= 15 is 0 Å². The van der Waals surface area contributed by atoms with Gasteiger partial charge in [-0.15, -0.1) is 0 Å². The summed E-state index contributed by atoms with van der Waals surface area (Å²) in [6, 6.07) is 9.53. The van der Waals surface area contributed by atoms with E-state index < -0.39 is 17.7 Å². The first-order valence-corrected chi connectivity index (χ1v) is 9.64. The van der Waals surface area contributed by atoms with Gasteiger partial charge in [0.2, 0.25) is 0 Å². The van der Waals surface area contributed by atoms with Crippen LogP contribution in [0.2, 0.25) is 0 Å². The molecular formula is C21H30N2O4. The largest absolute Gasteiger partial charge is 0.467 e. The van der Waals surface area contributed by atoms with Gasteiger partial charge in [0.25, 0.3) is 0 Å². The third-order valence-corrected chi connectivity index (χ3v) is 5.29. The number of carbonyl (C=O) groups excluding carboxylic acids is 2. The molecule has 6 nitrogen and oxygen atoms in total. The predicted molar refractivity (Wildman–Crippen MR) is 102 cm³/mol. The van der Waals surface area contributed by atoms with Crippen molar-refractivity contribution in [2.24, 2.45) is 5.92 Å². The van der Waals surface area contributed by atoms with Gasteiger partial charge in [-0.2, -0.15) is 0 Å². The Morgan fingerprint density at radius 1 is 1.11 bits per heavy atom. The van der Waals surface area contributed by atoms with Gasteiger partial charge >= 0.3 is 12.1 Å². The highest BCUT2D eigenvalue weighted by molar-refractivity contribution is 5.82. The average Bonchev–Trinajstić information content (AvgIpc) is 2.89. The van der Waals surface area contributed by atoms with Gasteiger partial charge in [-0.1, -0.05) is 30.3 Å². The van der Waals surface area contributed by atoms with Crippen LogP contribution < -0.4 is 0 Å². The maximum Gasteiger partial charge on any atom is 0.411 e. The molecule has 3 aliphatic rings. The third-order valence-electron chi connectivity index (χ3n) is 5.29. The van der Waals surface area contributed by atoms with Gasteiger partial charge in [0.1, 0.15) is 11.6 Å². The lowest BCUT2D eigenvalue weighted by Gasteiger charge is -2.39. The van der Waals surface area contributed by atoms with Crippen molar-refractivity contribution in [2.75, 3.05) is 20.2 Å². The summed E-state index contributed by atoms with van der Waals surface area (Å²) in [7, 11) is 1.38. The standard InChI is InChI=1S/C21H30N2O4/c1-21(2,3)27-20(25)23-14-16-10-11-17(18(23)19(24)26-4)22(13-16)12-15-8-6-5-7-9-15/h5-9,16-18H,10-14H2,1-4H3/t16-,17-,18?/m0/s1.